The first-order chi connectivity index (χ1) is 8.97. The summed E-state index contributed by atoms with van der Waals surface area (Å²) in [5, 5.41) is 0. The van der Waals surface area contributed by atoms with Crippen LogP contribution in [-0.4, -0.2) is 21.1 Å². The fourth-order valence-corrected chi connectivity index (χ4v) is 3.95. The van der Waals surface area contributed by atoms with Crippen molar-refractivity contribution in [2.75, 3.05) is 11.5 Å². The number of aromatic nitrogens is 2. The number of thioether (sulfide) groups is 1. The van der Waals surface area contributed by atoms with E-state index in [0.717, 1.165) is 35.6 Å². The predicted molar refractivity (Wildman–Crippen MR) is 73.1 cm³/mol. The Bertz CT molecular complexity index is 666. The summed E-state index contributed by atoms with van der Waals surface area (Å²) in [4.78, 5) is 2.88. The number of aromatic amines is 1. The molecule has 0 radical (unpaired) electrons. The third-order valence-electron chi connectivity index (χ3n) is 3.31. The van der Waals surface area contributed by atoms with Crippen molar-refractivity contribution >= 4 is 35.0 Å². The van der Waals surface area contributed by atoms with E-state index in [2.05, 4.69) is 4.98 Å². The monoisotopic (exact) mass is 304 g/mol. The largest absolute Gasteiger partial charge is 0.416 e. The highest BCUT2D eigenvalue weighted by Gasteiger charge is 2.31. The Hall–Kier alpha value is -0.950. The van der Waals surface area contributed by atoms with Crippen molar-refractivity contribution in [2.24, 2.45) is 0 Å². The molecular formula is C12H11F3N2S2. The highest BCUT2D eigenvalue weighted by Crippen LogP contribution is 2.34. The standard InChI is InChI=1S/C12H11F3N2S2/c13-12(14,15)7-1-2-10-9(5-7)16-11(18)17(10)8-3-4-19-6-8/h1-2,5,8H,3-4,6H2,(H,16,18). The van der Waals surface area contributed by atoms with E-state index in [9.17, 15) is 13.2 Å². The molecule has 2 heterocycles. The van der Waals surface area contributed by atoms with Crippen LogP contribution in [0.2, 0.25) is 0 Å². The van der Waals surface area contributed by atoms with E-state index in [0.29, 0.717) is 10.3 Å². The van der Waals surface area contributed by atoms with Gasteiger partial charge in [0.1, 0.15) is 0 Å². The highest BCUT2D eigenvalue weighted by atomic mass is 32.2. The van der Waals surface area contributed by atoms with Crippen LogP contribution in [0.3, 0.4) is 0 Å². The van der Waals surface area contributed by atoms with Gasteiger partial charge in [-0.25, -0.2) is 0 Å². The summed E-state index contributed by atoms with van der Waals surface area (Å²) in [5.74, 6) is 2.03. The van der Waals surface area contributed by atoms with Gasteiger partial charge < -0.3 is 9.55 Å². The smallest absolute Gasteiger partial charge is 0.331 e. The van der Waals surface area contributed by atoms with E-state index in [1.54, 1.807) is 0 Å². The van der Waals surface area contributed by atoms with Crippen molar-refractivity contribution in [3.63, 3.8) is 0 Å². The van der Waals surface area contributed by atoms with Crippen LogP contribution in [0.1, 0.15) is 18.0 Å². The second-order valence-corrected chi connectivity index (χ2v) is 6.08. The Morgan fingerprint density at radius 3 is 2.79 bits per heavy atom. The molecule has 0 spiro atoms. The number of benzene rings is 1. The van der Waals surface area contributed by atoms with E-state index < -0.39 is 11.7 Å². The second kappa shape index (κ2) is 4.56. The molecule has 1 saturated heterocycles. The van der Waals surface area contributed by atoms with E-state index in [1.165, 1.54) is 6.07 Å². The van der Waals surface area contributed by atoms with Gasteiger partial charge in [0.2, 0.25) is 0 Å². The second-order valence-electron chi connectivity index (χ2n) is 4.55. The maximum Gasteiger partial charge on any atom is 0.416 e. The molecule has 0 saturated carbocycles. The highest BCUT2D eigenvalue weighted by molar-refractivity contribution is 7.99. The number of hydrogen-bond acceptors (Lipinski definition) is 2. The third kappa shape index (κ3) is 2.29. The summed E-state index contributed by atoms with van der Waals surface area (Å²) in [6.07, 6.45) is -3.32. The van der Waals surface area contributed by atoms with Gasteiger partial charge in [-0.05, 0) is 42.6 Å². The van der Waals surface area contributed by atoms with Gasteiger partial charge in [0, 0.05) is 11.8 Å². The Kier molecular flexibility index (Phi) is 3.13. The SMILES string of the molecule is FC(F)(F)c1ccc2c(c1)[nH]c(=S)n2C1CCSC1. The van der Waals surface area contributed by atoms with Gasteiger partial charge >= 0.3 is 6.18 Å². The Morgan fingerprint density at radius 2 is 2.16 bits per heavy atom. The van der Waals surface area contributed by atoms with E-state index >= 15 is 0 Å². The van der Waals surface area contributed by atoms with Crippen LogP contribution in [-0.2, 0) is 6.18 Å². The number of halogens is 3. The van der Waals surface area contributed by atoms with Crippen molar-refractivity contribution in [2.45, 2.75) is 18.6 Å². The number of alkyl halides is 3. The first-order valence-electron chi connectivity index (χ1n) is 5.86. The zero-order chi connectivity index (χ0) is 13.6. The molecule has 1 aliphatic rings. The van der Waals surface area contributed by atoms with Crippen LogP contribution in [0.4, 0.5) is 13.2 Å². The summed E-state index contributed by atoms with van der Waals surface area (Å²) in [6, 6.07) is 4.03. The average molecular weight is 304 g/mol. The van der Waals surface area contributed by atoms with Crippen molar-refractivity contribution in [1.29, 1.82) is 0 Å². The van der Waals surface area contributed by atoms with Crippen molar-refractivity contribution in [1.82, 2.24) is 9.55 Å². The number of nitrogens with one attached hydrogen (secondary N) is 1. The summed E-state index contributed by atoms with van der Waals surface area (Å²) in [6.45, 7) is 0. The molecule has 3 rings (SSSR count). The van der Waals surface area contributed by atoms with Crippen LogP contribution in [0.15, 0.2) is 18.2 Å². The summed E-state index contributed by atoms with van der Waals surface area (Å²) in [5.41, 5.74) is 0.562. The van der Waals surface area contributed by atoms with Gasteiger partial charge in [0.25, 0.3) is 0 Å². The minimum Gasteiger partial charge on any atom is -0.331 e. The van der Waals surface area contributed by atoms with Gasteiger partial charge in [-0.2, -0.15) is 24.9 Å². The van der Waals surface area contributed by atoms with Gasteiger partial charge in [-0.1, -0.05) is 0 Å². The Labute approximate surface area is 117 Å². The third-order valence-corrected chi connectivity index (χ3v) is 4.76. The quantitative estimate of drug-likeness (QED) is 0.788. The number of rotatable bonds is 1. The molecule has 1 N–H and O–H groups in total. The molecule has 0 bridgehead atoms. The van der Waals surface area contributed by atoms with Gasteiger partial charge in [-0.3, -0.25) is 0 Å². The van der Waals surface area contributed by atoms with Crippen molar-refractivity contribution in [3.8, 4) is 0 Å². The molecule has 1 aliphatic heterocycles. The van der Waals surface area contributed by atoms with E-state index in [4.69, 9.17) is 12.2 Å². The Morgan fingerprint density at radius 1 is 1.37 bits per heavy atom. The summed E-state index contributed by atoms with van der Waals surface area (Å²) >= 11 is 7.09. The van der Waals surface area contributed by atoms with Gasteiger partial charge in [0.15, 0.2) is 4.77 Å². The van der Waals surface area contributed by atoms with Crippen LogP contribution in [0.25, 0.3) is 11.0 Å². The number of H-pyrrole nitrogens is 1. The molecule has 19 heavy (non-hydrogen) atoms. The zero-order valence-corrected chi connectivity index (χ0v) is 11.5. The van der Waals surface area contributed by atoms with E-state index in [-0.39, 0.29) is 6.04 Å². The molecule has 1 atom stereocenters. The lowest BCUT2D eigenvalue weighted by molar-refractivity contribution is -0.137. The van der Waals surface area contributed by atoms with Crippen molar-refractivity contribution < 1.29 is 13.2 Å². The molecule has 0 aliphatic carbocycles. The molecule has 1 aromatic carbocycles. The molecule has 0 amide bonds. The first-order valence-corrected chi connectivity index (χ1v) is 7.42. The number of fused-ring (bicyclic) bond motifs is 1. The molecular weight excluding hydrogens is 293 g/mol. The zero-order valence-electron chi connectivity index (χ0n) is 9.83. The molecule has 2 aromatic rings. The van der Waals surface area contributed by atoms with Crippen LogP contribution in [0.5, 0.6) is 0 Å². The van der Waals surface area contributed by atoms with E-state index in [1.807, 2.05) is 16.3 Å². The Balaban J connectivity index is 2.15. The fraction of sp³-hybridized carbons (Fsp3) is 0.417. The molecule has 7 heteroatoms. The molecule has 1 fully saturated rings. The molecule has 1 aromatic heterocycles. The minimum atomic E-state index is -4.32. The lowest BCUT2D eigenvalue weighted by atomic mass is 10.2. The van der Waals surface area contributed by atoms with Crippen LogP contribution >= 0.6 is 24.0 Å². The van der Waals surface area contributed by atoms with Crippen LogP contribution in [0, 0.1) is 4.77 Å². The first kappa shape index (κ1) is 13.1. The maximum absolute atomic E-state index is 12.7. The minimum absolute atomic E-state index is 0.281. The molecule has 102 valence electrons. The topological polar surface area (TPSA) is 20.7 Å². The van der Waals surface area contributed by atoms with Crippen molar-refractivity contribution in [3.05, 3.63) is 28.5 Å². The maximum atomic E-state index is 12.7. The van der Waals surface area contributed by atoms with Crippen LogP contribution < -0.4 is 0 Å². The molecule has 2 nitrogen and oxygen atoms in total. The lowest BCUT2D eigenvalue weighted by Crippen LogP contribution is -2.08. The fourth-order valence-electron chi connectivity index (χ4n) is 2.40. The number of imidazole rings is 1. The summed E-state index contributed by atoms with van der Waals surface area (Å²) in [7, 11) is 0. The number of nitrogens with zero attached hydrogens (tertiary/aromatic N) is 1. The average Bonchev–Trinajstić information content (AvgIpc) is 2.92. The lowest BCUT2D eigenvalue weighted by Gasteiger charge is -2.12. The summed E-state index contributed by atoms with van der Waals surface area (Å²) < 4.78 is 40.5. The van der Waals surface area contributed by atoms with Gasteiger partial charge in [0.05, 0.1) is 16.6 Å². The molecule has 1 unspecified atom stereocenters. The predicted octanol–water partition coefficient (Wildman–Crippen LogP) is 4.40. The normalized spacial score (nSPS) is 20.3. The number of hydrogen-bond donors (Lipinski definition) is 1. The van der Waals surface area contributed by atoms with Gasteiger partial charge in [-0.15, -0.1) is 0 Å².